The number of rotatable bonds is 8. The first kappa shape index (κ1) is 24.1. The molecule has 0 saturated heterocycles. The molecule has 2 heterocycles. The van der Waals surface area contributed by atoms with Gasteiger partial charge in [0.2, 0.25) is 5.91 Å². The first-order chi connectivity index (χ1) is 18.0. The molecule has 0 unspecified atom stereocenters. The highest BCUT2D eigenvalue weighted by Crippen LogP contribution is 2.25. The van der Waals surface area contributed by atoms with E-state index in [1.807, 2.05) is 104 Å². The summed E-state index contributed by atoms with van der Waals surface area (Å²) >= 11 is 0. The first-order valence-corrected chi connectivity index (χ1v) is 12.2. The zero-order valence-electron chi connectivity index (χ0n) is 20.8. The van der Waals surface area contributed by atoms with Crippen molar-refractivity contribution >= 4 is 22.6 Å². The van der Waals surface area contributed by atoms with Crippen LogP contribution in [0.4, 0.5) is 5.82 Å². The lowest BCUT2D eigenvalue weighted by atomic mass is 10.1. The first-order valence-electron chi connectivity index (χ1n) is 12.2. The molecule has 5 rings (SSSR count). The normalized spacial score (nSPS) is 11.4. The quantitative estimate of drug-likeness (QED) is 0.329. The molecule has 0 saturated carbocycles. The van der Waals surface area contributed by atoms with Gasteiger partial charge in [-0.25, -0.2) is 9.67 Å². The van der Waals surface area contributed by atoms with Crippen molar-refractivity contribution in [2.45, 2.75) is 26.4 Å². The van der Waals surface area contributed by atoms with Crippen LogP contribution in [0.15, 0.2) is 95.8 Å². The molecule has 1 amide bonds. The van der Waals surface area contributed by atoms with Gasteiger partial charge in [0, 0.05) is 17.7 Å². The van der Waals surface area contributed by atoms with Crippen LogP contribution >= 0.6 is 0 Å². The van der Waals surface area contributed by atoms with E-state index in [1.165, 1.54) is 0 Å². The van der Waals surface area contributed by atoms with Crippen molar-refractivity contribution in [1.82, 2.24) is 24.6 Å². The van der Waals surface area contributed by atoms with Crippen LogP contribution in [0.1, 0.15) is 19.7 Å². The molecule has 186 valence electrons. The molecule has 8 nitrogen and oxygen atoms in total. The van der Waals surface area contributed by atoms with Crippen molar-refractivity contribution in [3.8, 4) is 16.9 Å². The summed E-state index contributed by atoms with van der Waals surface area (Å²) in [5.74, 6) is 0.912. The van der Waals surface area contributed by atoms with E-state index in [0.717, 1.165) is 16.9 Å². The van der Waals surface area contributed by atoms with Crippen molar-refractivity contribution in [3.63, 3.8) is 0 Å². The highest BCUT2D eigenvalue weighted by atomic mass is 16.2. The van der Waals surface area contributed by atoms with Crippen molar-refractivity contribution in [1.29, 1.82) is 0 Å². The number of carbonyl (C=O) groups is 1. The molecule has 0 aliphatic heterocycles. The molecule has 0 aliphatic rings. The van der Waals surface area contributed by atoms with Crippen LogP contribution in [0.25, 0.3) is 27.8 Å². The lowest BCUT2D eigenvalue weighted by Gasteiger charge is -2.25. The van der Waals surface area contributed by atoms with E-state index in [9.17, 15) is 9.59 Å². The number of anilines is 1. The lowest BCUT2D eigenvalue weighted by Crippen LogP contribution is -2.38. The highest BCUT2D eigenvalue weighted by molar-refractivity contribution is 5.92. The van der Waals surface area contributed by atoms with Gasteiger partial charge in [-0.05, 0) is 38.1 Å². The zero-order valence-corrected chi connectivity index (χ0v) is 20.8. The largest absolute Gasteiger partial charge is 0.309 e. The van der Waals surface area contributed by atoms with Crippen molar-refractivity contribution in [2.75, 3.05) is 11.9 Å². The Morgan fingerprint density at radius 1 is 0.973 bits per heavy atom. The topological polar surface area (TPSA) is 95.9 Å². The van der Waals surface area contributed by atoms with Gasteiger partial charge in [0.05, 0.1) is 35.4 Å². The molecule has 8 heteroatoms. The maximum atomic E-state index is 13.2. The number of aromatic amines is 1. The highest BCUT2D eigenvalue weighted by Gasteiger charge is 2.19. The summed E-state index contributed by atoms with van der Waals surface area (Å²) in [6, 6.07) is 28.7. The number of H-pyrrole nitrogens is 1. The summed E-state index contributed by atoms with van der Waals surface area (Å²) in [5, 5.41) is 8.35. The van der Waals surface area contributed by atoms with E-state index in [-0.39, 0.29) is 24.1 Å². The number of benzene rings is 3. The van der Waals surface area contributed by atoms with E-state index in [1.54, 1.807) is 10.7 Å². The average Bonchev–Trinajstić information content (AvgIpc) is 3.33. The number of hydrogen-bond acceptors (Lipinski definition) is 5. The monoisotopic (exact) mass is 492 g/mol. The van der Waals surface area contributed by atoms with Gasteiger partial charge in [-0.15, -0.1) is 0 Å². The van der Waals surface area contributed by atoms with Gasteiger partial charge >= 0.3 is 0 Å². The molecule has 2 aromatic heterocycles. The molecular formula is C29H28N6O2. The molecule has 0 fully saturated rings. The Hall–Kier alpha value is -4.56. The smallest absolute Gasteiger partial charge is 0.258 e. The van der Waals surface area contributed by atoms with Crippen molar-refractivity contribution < 1.29 is 4.79 Å². The van der Waals surface area contributed by atoms with E-state index < -0.39 is 0 Å². The number of nitrogens with one attached hydrogen (secondary N) is 2. The Balaban J connectivity index is 1.38. The number of carbonyl (C=O) groups excluding carboxylic acids is 1. The standard InChI is InChI=1S/C29H28N6O2/c1-20(2)34(18-26-30-24-16-10-9-15-23(24)29(37)31-26)19-28(36)32-27-17-25(21-11-5-3-6-12-21)33-35(27)22-13-7-4-8-14-22/h3-17,20H,18-19H2,1-2H3,(H,32,36)(H,30,31,37). The molecular weight excluding hydrogens is 464 g/mol. The minimum Gasteiger partial charge on any atom is -0.309 e. The van der Waals surface area contributed by atoms with E-state index in [0.29, 0.717) is 29.1 Å². The van der Waals surface area contributed by atoms with E-state index in [4.69, 9.17) is 5.10 Å². The summed E-state index contributed by atoms with van der Waals surface area (Å²) in [5.41, 5.74) is 3.02. The van der Waals surface area contributed by atoms with Gasteiger partial charge in [0.15, 0.2) is 0 Å². The Morgan fingerprint density at radius 3 is 2.38 bits per heavy atom. The lowest BCUT2D eigenvalue weighted by molar-refractivity contribution is -0.117. The van der Waals surface area contributed by atoms with Crippen LogP contribution in [0.5, 0.6) is 0 Å². The predicted molar refractivity (Wildman–Crippen MR) is 146 cm³/mol. The summed E-state index contributed by atoms with van der Waals surface area (Å²) in [4.78, 5) is 35.2. The summed E-state index contributed by atoms with van der Waals surface area (Å²) < 4.78 is 1.74. The second-order valence-electron chi connectivity index (χ2n) is 9.10. The third kappa shape index (κ3) is 5.49. The van der Waals surface area contributed by atoms with Crippen molar-refractivity contribution in [2.24, 2.45) is 0 Å². The Kier molecular flexibility index (Phi) is 6.91. The number of nitrogens with zero attached hydrogens (tertiary/aromatic N) is 4. The average molecular weight is 493 g/mol. The van der Waals surface area contributed by atoms with Crippen LogP contribution in [-0.4, -0.2) is 43.1 Å². The Bertz CT molecular complexity index is 1570. The Morgan fingerprint density at radius 2 is 1.65 bits per heavy atom. The van der Waals surface area contributed by atoms with Crippen LogP contribution in [0.3, 0.4) is 0 Å². The SMILES string of the molecule is CC(C)N(CC(=O)Nc1cc(-c2ccccc2)nn1-c1ccccc1)Cc1nc2ccccc2c(=O)[nH]1. The molecule has 0 radical (unpaired) electrons. The van der Waals surface area contributed by atoms with E-state index >= 15 is 0 Å². The van der Waals surface area contributed by atoms with Crippen molar-refractivity contribution in [3.05, 3.63) is 107 Å². The van der Waals surface area contributed by atoms with Gasteiger partial charge in [-0.2, -0.15) is 5.10 Å². The maximum Gasteiger partial charge on any atom is 0.258 e. The van der Waals surface area contributed by atoms with Crippen LogP contribution in [0, 0.1) is 0 Å². The van der Waals surface area contributed by atoms with E-state index in [2.05, 4.69) is 15.3 Å². The van der Waals surface area contributed by atoms with Crippen LogP contribution < -0.4 is 10.9 Å². The molecule has 0 bridgehead atoms. The number of hydrogen-bond donors (Lipinski definition) is 2. The van der Waals surface area contributed by atoms with Gasteiger partial charge < -0.3 is 10.3 Å². The van der Waals surface area contributed by atoms with Gasteiger partial charge in [-0.3, -0.25) is 14.5 Å². The third-order valence-electron chi connectivity index (χ3n) is 6.14. The predicted octanol–water partition coefficient (Wildman–Crippen LogP) is 4.62. The molecule has 0 aliphatic carbocycles. The minimum atomic E-state index is -0.187. The number of para-hydroxylation sites is 2. The molecule has 0 atom stereocenters. The van der Waals surface area contributed by atoms with Gasteiger partial charge in [-0.1, -0.05) is 60.7 Å². The van der Waals surface area contributed by atoms with Crippen LogP contribution in [0.2, 0.25) is 0 Å². The summed E-state index contributed by atoms with van der Waals surface area (Å²) in [6.45, 7) is 4.47. The molecule has 5 aromatic rings. The van der Waals surface area contributed by atoms with Gasteiger partial charge in [0.25, 0.3) is 5.56 Å². The van der Waals surface area contributed by atoms with Crippen LogP contribution in [-0.2, 0) is 11.3 Å². The second kappa shape index (κ2) is 10.6. The molecule has 0 spiro atoms. The fourth-order valence-corrected chi connectivity index (χ4v) is 4.18. The zero-order chi connectivity index (χ0) is 25.8. The summed E-state index contributed by atoms with van der Waals surface area (Å²) in [6.07, 6.45) is 0. The fourth-order valence-electron chi connectivity index (χ4n) is 4.18. The fraction of sp³-hybridized carbons (Fsp3) is 0.172. The second-order valence-corrected chi connectivity index (χ2v) is 9.10. The maximum absolute atomic E-state index is 13.2. The number of amides is 1. The molecule has 3 aromatic carbocycles. The molecule has 2 N–H and O–H groups in total. The summed E-state index contributed by atoms with van der Waals surface area (Å²) in [7, 11) is 0. The molecule has 37 heavy (non-hydrogen) atoms. The number of aromatic nitrogens is 4. The minimum absolute atomic E-state index is 0.0430. The van der Waals surface area contributed by atoms with Gasteiger partial charge in [0.1, 0.15) is 11.6 Å². The number of fused-ring (bicyclic) bond motifs is 1. The third-order valence-corrected chi connectivity index (χ3v) is 6.14. The Labute approximate surface area is 214 Å².